The molecule has 6 heteroatoms. The molecule has 1 heterocycles. The van der Waals surface area contributed by atoms with Gasteiger partial charge in [-0.1, -0.05) is 0 Å². The number of aromatic nitrogens is 2. The average Bonchev–Trinajstić information content (AvgIpc) is 2.20. The number of halogens is 1. The van der Waals surface area contributed by atoms with Crippen molar-refractivity contribution in [2.75, 3.05) is 19.0 Å². The van der Waals surface area contributed by atoms with E-state index in [1.54, 1.807) is 13.3 Å². The molecule has 0 aromatic carbocycles. The number of ether oxygens (including phenoxy) is 1. The largest absolute Gasteiger partial charge is 0.380 e. The van der Waals surface area contributed by atoms with Crippen LogP contribution in [0.3, 0.4) is 0 Å². The number of methoxy groups -OCH3 is 1. The van der Waals surface area contributed by atoms with Crippen LogP contribution in [0.2, 0.25) is 0 Å². The van der Waals surface area contributed by atoms with Crippen LogP contribution in [0.5, 0.6) is 0 Å². The SMILES string of the molecule is COC(C)CNc1cn[nH]c(=O)c1Br. The van der Waals surface area contributed by atoms with Crippen molar-refractivity contribution < 1.29 is 4.74 Å². The van der Waals surface area contributed by atoms with Crippen molar-refractivity contribution in [2.24, 2.45) is 0 Å². The standard InChI is InChI=1S/C8H12BrN3O2/c1-5(14-2)3-10-6-4-11-12-8(13)7(6)9/h4-5H,3H2,1-2H3,(H2,10,12,13). The lowest BCUT2D eigenvalue weighted by Gasteiger charge is -2.11. The van der Waals surface area contributed by atoms with Crippen LogP contribution in [0.25, 0.3) is 0 Å². The zero-order chi connectivity index (χ0) is 10.6. The van der Waals surface area contributed by atoms with Crippen LogP contribution in [0, 0.1) is 0 Å². The fourth-order valence-corrected chi connectivity index (χ4v) is 1.17. The van der Waals surface area contributed by atoms with Crippen molar-refractivity contribution >= 4 is 21.6 Å². The van der Waals surface area contributed by atoms with Crippen LogP contribution >= 0.6 is 15.9 Å². The summed E-state index contributed by atoms with van der Waals surface area (Å²) in [5, 5.41) is 9.05. The van der Waals surface area contributed by atoms with E-state index < -0.39 is 0 Å². The van der Waals surface area contributed by atoms with Gasteiger partial charge in [0.1, 0.15) is 4.47 Å². The zero-order valence-electron chi connectivity index (χ0n) is 8.00. The third-order valence-corrected chi connectivity index (χ3v) is 2.57. The fourth-order valence-electron chi connectivity index (χ4n) is 0.844. The van der Waals surface area contributed by atoms with Gasteiger partial charge in [0.05, 0.1) is 18.0 Å². The summed E-state index contributed by atoms with van der Waals surface area (Å²) in [6.07, 6.45) is 1.63. The van der Waals surface area contributed by atoms with E-state index in [-0.39, 0.29) is 11.7 Å². The Kier molecular flexibility index (Phi) is 4.09. The highest BCUT2D eigenvalue weighted by Crippen LogP contribution is 2.14. The summed E-state index contributed by atoms with van der Waals surface area (Å²) in [6.45, 7) is 2.56. The molecule has 78 valence electrons. The molecule has 1 unspecified atom stereocenters. The summed E-state index contributed by atoms with van der Waals surface area (Å²) in [5.41, 5.74) is 0.415. The minimum Gasteiger partial charge on any atom is -0.380 e. The molecule has 0 saturated heterocycles. The molecule has 0 fully saturated rings. The Hall–Kier alpha value is -0.880. The second kappa shape index (κ2) is 5.11. The van der Waals surface area contributed by atoms with E-state index in [2.05, 4.69) is 31.4 Å². The van der Waals surface area contributed by atoms with Crippen LogP contribution < -0.4 is 10.9 Å². The second-order valence-electron chi connectivity index (χ2n) is 2.85. The molecule has 0 spiro atoms. The molecular weight excluding hydrogens is 250 g/mol. The number of rotatable bonds is 4. The van der Waals surface area contributed by atoms with Crippen LogP contribution in [-0.4, -0.2) is 30.0 Å². The van der Waals surface area contributed by atoms with Crippen LogP contribution in [0.1, 0.15) is 6.92 Å². The monoisotopic (exact) mass is 261 g/mol. The molecule has 1 rings (SSSR count). The molecule has 0 aliphatic carbocycles. The third kappa shape index (κ3) is 2.81. The smallest absolute Gasteiger partial charge is 0.280 e. The average molecular weight is 262 g/mol. The van der Waals surface area contributed by atoms with Crippen LogP contribution in [-0.2, 0) is 4.74 Å². The van der Waals surface area contributed by atoms with E-state index in [1.807, 2.05) is 6.92 Å². The van der Waals surface area contributed by atoms with Crippen molar-refractivity contribution in [3.05, 3.63) is 21.0 Å². The summed E-state index contributed by atoms with van der Waals surface area (Å²) in [6, 6.07) is 0. The van der Waals surface area contributed by atoms with Crippen LogP contribution in [0.4, 0.5) is 5.69 Å². The Morgan fingerprint density at radius 3 is 3.14 bits per heavy atom. The number of hydrogen-bond acceptors (Lipinski definition) is 4. The first kappa shape index (κ1) is 11.2. The minimum absolute atomic E-state index is 0.0844. The Labute approximate surface area is 90.0 Å². The van der Waals surface area contributed by atoms with Gasteiger partial charge in [-0.25, -0.2) is 5.10 Å². The van der Waals surface area contributed by atoms with Crippen molar-refractivity contribution in [1.29, 1.82) is 0 Å². The number of aromatic amines is 1. The van der Waals surface area contributed by atoms with Crippen molar-refractivity contribution in [3.63, 3.8) is 0 Å². The number of nitrogens with zero attached hydrogens (tertiary/aromatic N) is 1. The Morgan fingerprint density at radius 2 is 2.50 bits per heavy atom. The molecule has 2 N–H and O–H groups in total. The molecule has 0 radical (unpaired) electrons. The van der Waals surface area contributed by atoms with Gasteiger partial charge in [-0.3, -0.25) is 4.79 Å². The minimum atomic E-state index is -0.250. The molecule has 0 bridgehead atoms. The summed E-state index contributed by atoms with van der Waals surface area (Å²) < 4.78 is 5.51. The van der Waals surface area contributed by atoms with Crippen molar-refractivity contribution in [1.82, 2.24) is 10.2 Å². The first-order valence-electron chi connectivity index (χ1n) is 4.15. The van der Waals surface area contributed by atoms with Crippen molar-refractivity contribution in [2.45, 2.75) is 13.0 Å². The fraction of sp³-hybridized carbons (Fsp3) is 0.500. The molecule has 0 aliphatic rings. The number of anilines is 1. The first-order chi connectivity index (χ1) is 6.65. The maximum Gasteiger partial charge on any atom is 0.280 e. The van der Waals surface area contributed by atoms with Gasteiger partial charge in [0.2, 0.25) is 0 Å². The second-order valence-corrected chi connectivity index (χ2v) is 3.65. The lowest BCUT2D eigenvalue weighted by molar-refractivity contribution is 0.129. The highest BCUT2D eigenvalue weighted by atomic mass is 79.9. The van der Waals surface area contributed by atoms with E-state index in [9.17, 15) is 4.79 Å². The van der Waals surface area contributed by atoms with Gasteiger partial charge < -0.3 is 10.1 Å². The molecule has 0 aliphatic heterocycles. The molecular formula is C8H12BrN3O2. The van der Waals surface area contributed by atoms with E-state index >= 15 is 0 Å². The van der Waals surface area contributed by atoms with Gasteiger partial charge in [-0.2, -0.15) is 5.10 Å². The summed E-state index contributed by atoms with van der Waals surface area (Å²) in [7, 11) is 1.64. The highest BCUT2D eigenvalue weighted by Gasteiger charge is 2.05. The van der Waals surface area contributed by atoms with E-state index in [1.165, 1.54) is 0 Å². The third-order valence-electron chi connectivity index (χ3n) is 1.78. The molecule has 1 atom stereocenters. The van der Waals surface area contributed by atoms with Gasteiger partial charge >= 0.3 is 0 Å². The molecule has 0 saturated carbocycles. The Bertz CT molecular complexity index is 353. The lowest BCUT2D eigenvalue weighted by Crippen LogP contribution is -2.20. The van der Waals surface area contributed by atoms with E-state index in [4.69, 9.17) is 4.74 Å². The van der Waals surface area contributed by atoms with Crippen LogP contribution in [0.15, 0.2) is 15.5 Å². The summed E-state index contributed by atoms with van der Waals surface area (Å²) >= 11 is 3.17. The topological polar surface area (TPSA) is 67.0 Å². The number of nitrogens with one attached hydrogen (secondary N) is 2. The lowest BCUT2D eigenvalue weighted by atomic mass is 10.4. The molecule has 1 aromatic heterocycles. The highest BCUT2D eigenvalue weighted by molar-refractivity contribution is 9.10. The molecule has 5 nitrogen and oxygen atoms in total. The van der Waals surface area contributed by atoms with Gasteiger partial charge in [-0.15, -0.1) is 0 Å². The first-order valence-corrected chi connectivity index (χ1v) is 4.94. The zero-order valence-corrected chi connectivity index (χ0v) is 9.59. The van der Waals surface area contributed by atoms with E-state index in [0.29, 0.717) is 16.7 Å². The Balaban J connectivity index is 2.68. The molecule has 0 amide bonds. The quantitative estimate of drug-likeness (QED) is 0.848. The normalized spacial score (nSPS) is 12.5. The summed E-state index contributed by atoms with van der Waals surface area (Å²) in [5.74, 6) is 0. The predicted octanol–water partition coefficient (Wildman–Crippen LogP) is 0.979. The van der Waals surface area contributed by atoms with Gasteiger partial charge in [0.25, 0.3) is 5.56 Å². The van der Waals surface area contributed by atoms with E-state index in [0.717, 1.165) is 0 Å². The summed E-state index contributed by atoms with van der Waals surface area (Å²) in [4.78, 5) is 11.1. The number of H-pyrrole nitrogens is 1. The maximum atomic E-state index is 11.1. The molecule has 14 heavy (non-hydrogen) atoms. The van der Waals surface area contributed by atoms with Gasteiger partial charge in [0.15, 0.2) is 0 Å². The maximum absolute atomic E-state index is 11.1. The van der Waals surface area contributed by atoms with Gasteiger partial charge in [-0.05, 0) is 22.9 Å². The van der Waals surface area contributed by atoms with Gasteiger partial charge in [0, 0.05) is 13.7 Å². The Morgan fingerprint density at radius 1 is 1.79 bits per heavy atom. The molecule has 1 aromatic rings. The van der Waals surface area contributed by atoms with Crippen molar-refractivity contribution in [3.8, 4) is 0 Å². The predicted molar refractivity (Wildman–Crippen MR) is 57.5 cm³/mol. The number of hydrogen-bond donors (Lipinski definition) is 2.